The minimum atomic E-state index is -0.495. The van der Waals surface area contributed by atoms with E-state index >= 15 is 0 Å². The summed E-state index contributed by atoms with van der Waals surface area (Å²) >= 11 is 0. The second kappa shape index (κ2) is 54.3. The molecular weight excluding hydrogens is 1360 g/mol. The van der Waals surface area contributed by atoms with Gasteiger partial charge in [-0.3, -0.25) is 33.6 Å². The molecular formula is C87H122O20. The van der Waals surface area contributed by atoms with Gasteiger partial charge in [-0.15, -0.1) is 0 Å². The standard InChI is InChI=1S/C87H122O20/c1-3-4-15-28-68-35-37-69(38-36-68)70-39-41-71(42-40-70)85(94)106-77-53-55-78(56-54-77)107-87(96)73-45-51-74(52-46-73)97-59-20-7-5-6-8-22-62-103-83(92)57-58-84(93)104-66-27-14-19-32-82(91)102-65-26-13-18-31-81(90)101-64-25-12-17-30-80(89)100-63-24-11-16-29-79(88)99-61-23-10-9-21-60-98-75-49-43-72(44-50-75)86(95)105-76-47-33-67(2)34-48-76/h33-34,43-56,68-71H,3-32,35-42,57-66H2,1-2H3. The highest BCUT2D eigenvalue weighted by atomic mass is 16.6. The Bertz CT molecular complexity index is 3170. The molecule has 20 heteroatoms. The van der Waals surface area contributed by atoms with E-state index < -0.39 is 23.9 Å². The Balaban J connectivity index is 0.612. The topological polar surface area (TPSA) is 255 Å². The van der Waals surface area contributed by atoms with E-state index in [2.05, 4.69) is 6.92 Å². The minimum absolute atomic E-state index is 0.0439. The summed E-state index contributed by atoms with van der Waals surface area (Å²) in [6.07, 6.45) is 32.8. The smallest absolute Gasteiger partial charge is 0.343 e. The molecule has 0 aliphatic heterocycles. The molecule has 2 aliphatic carbocycles. The van der Waals surface area contributed by atoms with Crippen LogP contribution in [-0.2, 0) is 62.0 Å². The van der Waals surface area contributed by atoms with Crippen LogP contribution >= 0.6 is 0 Å². The molecule has 0 radical (unpaired) electrons. The molecule has 0 N–H and O–H groups in total. The van der Waals surface area contributed by atoms with Gasteiger partial charge in [-0.1, -0.05) is 88.8 Å². The van der Waals surface area contributed by atoms with E-state index in [4.69, 9.17) is 52.1 Å². The molecule has 4 aromatic rings. The molecule has 20 nitrogen and oxygen atoms in total. The predicted molar refractivity (Wildman–Crippen MR) is 407 cm³/mol. The van der Waals surface area contributed by atoms with E-state index in [0.29, 0.717) is 150 Å². The Hall–Kier alpha value is -8.29. The molecule has 0 heterocycles. The van der Waals surface area contributed by atoms with Gasteiger partial charge in [-0.05, 0) is 264 Å². The summed E-state index contributed by atoms with van der Waals surface area (Å²) in [5, 5.41) is 0. The van der Waals surface area contributed by atoms with Gasteiger partial charge in [0.25, 0.3) is 0 Å². The van der Waals surface area contributed by atoms with Gasteiger partial charge >= 0.3 is 53.7 Å². The van der Waals surface area contributed by atoms with E-state index in [1.165, 1.54) is 51.4 Å². The van der Waals surface area contributed by atoms with Crippen LogP contribution in [0.1, 0.15) is 290 Å². The van der Waals surface area contributed by atoms with E-state index in [0.717, 1.165) is 126 Å². The second-order valence-corrected chi connectivity index (χ2v) is 28.7. The third-order valence-corrected chi connectivity index (χ3v) is 19.9. The largest absolute Gasteiger partial charge is 0.494 e. The zero-order chi connectivity index (χ0) is 76.2. The molecule has 107 heavy (non-hydrogen) atoms. The molecule has 590 valence electrons. The number of unbranched alkanes of at least 4 members (excludes halogenated alkanes) is 18. The molecule has 0 amide bonds. The van der Waals surface area contributed by atoms with Gasteiger partial charge < -0.3 is 52.1 Å². The summed E-state index contributed by atoms with van der Waals surface area (Å²) in [6.45, 7) is 7.08. The Kier molecular flexibility index (Phi) is 44.5. The van der Waals surface area contributed by atoms with Crippen molar-refractivity contribution in [1.82, 2.24) is 0 Å². The van der Waals surface area contributed by atoms with Crippen molar-refractivity contribution in [3.8, 4) is 28.7 Å². The van der Waals surface area contributed by atoms with E-state index in [-0.39, 0.29) is 81.3 Å². The normalized spacial score (nSPS) is 15.4. The maximum Gasteiger partial charge on any atom is 0.343 e. The summed E-state index contributed by atoms with van der Waals surface area (Å²) in [5.41, 5.74) is 1.92. The molecule has 0 spiro atoms. The van der Waals surface area contributed by atoms with E-state index in [1.807, 2.05) is 19.1 Å². The van der Waals surface area contributed by atoms with Gasteiger partial charge in [0, 0.05) is 25.7 Å². The van der Waals surface area contributed by atoms with Crippen molar-refractivity contribution in [2.45, 2.75) is 271 Å². The first-order chi connectivity index (χ1) is 52.2. The Labute approximate surface area is 635 Å². The first-order valence-corrected chi connectivity index (χ1v) is 40.4. The highest BCUT2D eigenvalue weighted by molar-refractivity contribution is 5.92. The number of aryl methyl sites for hydroxylation is 1. The van der Waals surface area contributed by atoms with Crippen molar-refractivity contribution in [3.63, 3.8) is 0 Å². The molecule has 0 saturated heterocycles. The average Bonchev–Trinajstić information content (AvgIpc) is 0.860. The first kappa shape index (κ1) is 87.6. The van der Waals surface area contributed by atoms with Gasteiger partial charge in [-0.2, -0.15) is 0 Å². The fourth-order valence-corrected chi connectivity index (χ4v) is 13.3. The van der Waals surface area contributed by atoms with Gasteiger partial charge in [0.1, 0.15) is 28.7 Å². The van der Waals surface area contributed by atoms with E-state index in [1.54, 1.807) is 84.9 Å². The number of carbonyl (C=O) groups is 9. The highest BCUT2D eigenvalue weighted by Crippen LogP contribution is 2.43. The molecule has 0 atom stereocenters. The molecule has 2 aliphatic rings. The van der Waals surface area contributed by atoms with Crippen molar-refractivity contribution < 1.29 is 95.3 Å². The van der Waals surface area contributed by atoms with Crippen molar-refractivity contribution in [1.29, 1.82) is 0 Å². The summed E-state index contributed by atoms with van der Waals surface area (Å²) in [7, 11) is 0. The first-order valence-electron chi connectivity index (χ1n) is 40.4. The predicted octanol–water partition coefficient (Wildman–Crippen LogP) is 19.2. The van der Waals surface area contributed by atoms with Crippen LogP contribution in [0, 0.1) is 30.6 Å². The number of ether oxygens (including phenoxy) is 11. The lowest BCUT2D eigenvalue weighted by Gasteiger charge is -2.37. The molecule has 0 unspecified atom stereocenters. The molecule has 6 rings (SSSR count). The van der Waals surface area contributed by atoms with Crippen molar-refractivity contribution in [2.75, 3.05) is 52.9 Å². The zero-order valence-electron chi connectivity index (χ0n) is 64.2. The number of benzene rings is 4. The lowest BCUT2D eigenvalue weighted by molar-refractivity contribution is -0.150. The van der Waals surface area contributed by atoms with Crippen LogP contribution in [0.3, 0.4) is 0 Å². The summed E-state index contributed by atoms with van der Waals surface area (Å²) in [5.74, 6) is 2.00. The van der Waals surface area contributed by atoms with Gasteiger partial charge in [0.05, 0.1) is 82.7 Å². The Morgan fingerprint density at radius 1 is 0.290 bits per heavy atom. The van der Waals surface area contributed by atoms with Crippen LogP contribution in [0.4, 0.5) is 0 Å². The lowest BCUT2D eigenvalue weighted by Crippen LogP contribution is -2.30. The monoisotopic (exact) mass is 1490 g/mol. The quantitative estimate of drug-likeness (QED) is 0.0172. The molecule has 0 bridgehead atoms. The SMILES string of the molecule is CCCCCC1CCC(C2CCC(C(=O)Oc3ccc(OC(=O)c4ccc(OCCCCCCCCOC(=O)CCC(=O)OCCCCCC(=O)OCCCCCC(=O)OCCCCCC(=O)OCCCCCC(=O)OCCCCCCOc5ccc(C(=O)Oc6ccc(C)cc6)cc5)cc4)cc3)CC2)CC1. The number of hydrogen-bond acceptors (Lipinski definition) is 20. The van der Waals surface area contributed by atoms with Crippen molar-refractivity contribution in [2.24, 2.45) is 23.7 Å². The lowest BCUT2D eigenvalue weighted by atomic mass is 9.68. The minimum Gasteiger partial charge on any atom is -0.494 e. The molecule has 2 fully saturated rings. The molecule has 2 saturated carbocycles. The third-order valence-electron chi connectivity index (χ3n) is 19.9. The third kappa shape index (κ3) is 39.9. The fourth-order valence-electron chi connectivity index (χ4n) is 13.3. The number of carbonyl (C=O) groups excluding carboxylic acids is 9. The van der Waals surface area contributed by atoms with Crippen molar-refractivity contribution in [3.05, 3.63) is 114 Å². The maximum absolute atomic E-state index is 13.1. The van der Waals surface area contributed by atoms with Gasteiger partial charge in [-0.25, -0.2) is 9.59 Å². The van der Waals surface area contributed by atoms with Crippen LogP contribution in [0.2, 0.25) is 0 Å². The van der Waals surface area contributed by atoms with Crippen molar-refractivity contribution >= 4 is 53.7 Å². The highest BCUT2D eigenvalue weighted by Gasteiger charge is 2.34. The Morgan fingerprint density at radius 3 is 0.935 bits per heavy atom. The fraction of sp³-hybridized carbons (Fsp3) is 0.621. The van der Waals surface area contributed by atoms with Crippen LogP contribution in [0.5, 0.6) is 28.7 Å². The average molecular weight is 1490 g/mol. The van der Waals surface area contributed by atoms with Gasteiger partial charge in [0.2, 0.25) is 0 Å². The number of hydrogen-bond donors (Lipinski definition) is 0. The van der Waals surface area contributed by atoms with Crippen LogP contribution < -0.4 is 23.7 Å². The van der Waals surface area contributed by atoms with Crippen LogP contribution in [0.25, 0.3) is 0 Å². The zero-order valence-corrected chi connectivity index (χ0v) is 64.2. The van der Waals surface area contributed by atoms with Crippen LogP contribution in [-0.4, -0.2) is 107 Å². The Morgan fingerprint density at radius 2 is 0.579 bits per heavy atom. The second-order valence-electron chi connectivity index (χ2n) is 28.7. The summed E-state index contributed by atoms with van der Waals surface area (Å²) < 4.78 is 60.4. The number of rotatable bonds is 56. The van der Waals surface area contributed by atoms with Gasteiger partial charge in [0.15, 0.2) is 0 Å². The number of esters is 9. The maximum atomic E-state index is 13.1. The summed E-state index contributed by atoms with van der Waals surface area (Å²) in [6, 6.07) is 27.6. The van der Waals surface area contributed by atoms with Crippen LogP contribution in [0.15, 0.2) is 97.1 Å². The molecule has 0 aromatic heterocycles. The summed E-state index contributed by atoms with van der Waals surface area (Å²) in [4.78, 5) is 111. The van der Waals surface area contributed by atoms with E-state index in [9.17, 15) is 43.2 Å². The molecule has 4 aromatic carbocycles.